The molecule has 0 N–H and O–H groups in total. The van der Waals surface area contributed by atoms with Gasteiger partial charge < -0.3 is 0 Å². The molecule has 0 saturated carbocycles. The highest BCUT2D eigenvalue weighted by molar-refractivity contribution is 5.62. The number of benzene rings is 2. The lowest BCUT2D eigenvalue weighted by molar-refractivity contribution is 0.634. The smallest absolute Gasteiger partial charge is 0.00329 e. The molecule has 2 aromatic rings. The molecule has 1 aliphatic carbocycles. The molecule has 2 unspecified atom stereocenters. The predicted molar refractivity (Wildman–Crippen MR) is 77.7 cm³/mol. The van der Waals surface area contributed by atoms with Crippen molar-refractivity contribution < 1.29 is 0 Å². The zero-order valence-corrected chi connectivity index (χ0v) is 10.7. The van der Waals surface area contributed by atoms with Crippen molar-refractivity contribution in [2.24, 2.45) is 0 Å². The number of fused-ring (bicyclic) bond motifs is 1. The van der Waals surface area contributed by atoms with E-state index in [1.165, 1.54) is 23.1 Å². The number of hydrogen-bond donors (Lipinski definition) is 0. The van der Waals surface area contributed by atoms with E-state index in [1.807, 2.05) is 0 Å². The minimum atomic E-state index is 0.580. The predicted octanol–water partition coefficient (Wildman–Crippen LogP) is 4.99. The Balaban J connectivity index is 1.77. The average molecular weight is 234 g/mol. The van der Waals surface area contributed by atoms with Gasteiger partial charge in [-0.2, -0.15) is 0 Å². The van der Waals surface area contributed by atoms with Crippen LogP contribution in [0.15, 0.2) is 60.7 Å². The lowest BCUT2D eigenvalue weighted by Crippen LogP contribution is -2.00. The molecule has 0 fully saturated rings. The molecule has 0 aromatic heterocycles. The quantitative estimate of drug-likeness (QED) is 0.701. The molecule has 2 aromatic carbocycles. The second-order valence-corrected chi connectivity index (χ2v) is 5.14. The van der Waals surface area contributed by atoms with Crippen molar-refractivity contribution in [1.29, 1.82) is 0 Å². The van der Waals surface area contributed by atoms with Crippen LogP contribution in [-0.2, 0) is 0 Å². The van der Waals surface area contributed by atoms with Gasteiger partial charge in [0.1, 0.15) is 0 Å². The first-order chi connectivity index (χ1) is 8.84. The second-order valence-electron chi connectivity index (χ2n) is 5.14. The lowest BCUT2D eigenvalue weighted by Gasteiger charge is -2.17. The normalized spacial score (nSPS) is 18.6. The molecule has 0 nitrogen and oxygen atoms in total. The van der Waals surface area contributed by atoms with Crippen LogP contribution >= 0.6 is 0 Å². The minimum Gasteiger partial charge on any atom is -0.0764 e. The van der Waals surface area contributed by atoms with Gasteiger partial charge in [0, 0.05) is 5.92 Å². The van der Waals surface area contributed by atoms with Crippen molar-refractivity contribution in [3.63, 3.8) is 0 Å². The number of rotatable bonds is 3. The molecule has 90 valence electrons. The Bertz CT molecular complexity index is 551. The highest BCUT2D eigenvalue weighted by atomic mass is 14.2. The first kappa shape index (κ1) is 11.3. The lowest BCUT2D eigenvalue weighted by atomic mass is 9.87. The van der Waals surface area contributed by atoms with Crippen LogP contribution in [-0.4, -0.2) is 0 Å². The fraction of sp³-hybridized carbons (Fsp3) is 0.222. The summed E-state index contributed by atoms with van der Waals surface area (Å²) in [5.74, 6) is 1.18. The molecule has 0 bridgehead atoms. The fourth-order valence-electron chi connectivity index (χ4n) is 2.83. The van der Waals surface area contributed by atoms with E-state index in [0.29, 0.717) is 11.8 Å². The Morgan fingerprint density at radius 3 is 2.50 bits per heavy atom. The molecule has 18 heavy (non-hydrogen) atoms. The van der Waals surface area contributed by atoms with Gasteiger partial charge in [0.25, 0.3) is 0 Å². The first-order valence-corrected chi connectivity index (χ1v) is 6.66. The fourth-order valence-corrected chi connectivity index (χ4v) is 2.83. The molecule has 1 aliphatic rings. The van der Waals surface area contributed by atoms with Crippen molar-refractivity contribution in [2.75, 3.05) is 0 Å². The third-order valence-corrected chi connectivity index (χ3v) is 3.88. The van der Waals surface area contributed by atoms with Crippen LogP contribution < -0.4 is 0 Å². The Hall–Kier alpha value is -1.82. The summed E-state index contributed by atoms with van der Waals surface area (Å²) < 4.78 is 0. The van der Waals surface area contributed by atoms with Crippen molar-refractivity contribution in [1.82, 2.24) is 0 Å². The third-order valence-electron chi connectivity index (χ3n) is 3.88. The van der Waals surface area contributed by atoms with Crippen molar-refractivity contribution in [2.45, 2.75) is 25.2 Å². The monoisotopic (exact) mass is 234 g/mol. The van der Waals surface area contributed by atoms with E-state index in [4.69, 9.17) is 0 Å². The summed E-state index contributed by atoms with van der Waals surface area (Å²) in [5, 5.41) is 0. The summed E-state index contributed by atoms with van der Waals surface area (Å²) in [7, 11) is 0. The van der Waals surface area contributed by atoms with E-state index in [0.717, 1.165) is 0 Å². The van der Waals surface area contributed by atoms with Crippen LogP contribution in [0.3, 0.4) is 0 Å². The molecule has 3 rings (SSSR count). The molecule has 0 spiro atoms. The van der Waals surface area contributed by atoms with E-state index in [1.54, 1.807) is 0 Å². The van der Waals surface area contributed by atoms with Crippen LogP contribution in [0.25, 0.3) is 6.08 Å². The largest absolute Gasteiger partial charge is 0.0764 e. The zero-order valence-electron chi connectivity index (χ0n) is 10.7. The van der Waals surface area contributed by atoms with Crippen LogP contribution in [0.1, 0.15) is 41.9 Å². The SMILES string of the molecule is CC(CC1C=Cc2ccccc21)c1ccccc1. The highest BCUT2D eigenvalue weighted by Crippen LogP contribution is 2.36. The molecule has 0 heterocycles. The molecule has 0 heteroatoms. The van der Waals surface area contributed by atoms with Gasteiger partial charge >= 0.3 is 0 Å². The van der Waals surface area contributed by atoms with Gasteiger partial charge in [-0.25, -0.2) is 0 Å². The average Bonchev–Trinajstić information content (AvgIpc) is 2.83. The molecule has 0 saturated heterocycles. The summed E-state index contributed by atoms with van der Waals surface area (Å²) in [5.41, 5.74) is 4.32. The minimum absolute atomic E-state index is 0.580. The summed E-state index contributed by atoms with van der Waals surface area (Å²) in [6.45, 7) is 2.32. The van der Waals surface area contributed by atoms with Gasteiger partial charge in [0.05, 0.1) is 0 Å². The molecule has 0 radical (unpaired) electrons. The molecule has 2 atom stereocenters. The third kappa shape index (κ3) is 2.11. The standard InChI is InChI=1S/C18H18/c1-14(15-7-3-2-4-8-15)13-17-12-11-16-9-5-6-10-18(16)17/h2-12,14,17H,13H2,1H3. The topological polar surface area (TPSA) is 0 Å². The van der Waals surface area contributed by atoms with Crippen LogP contribution in [0, 0.1) is 0 Å². The van der Waals surface area contributed by atoms with Gasteiger partial charge in [-0.05, 0) is 29.0 Å². The number of allylic oxidation sites excluding steroid dienone is 1. The maximum absolute atomic E-state index is 2.35. The van der Waals surface area contributed by atoms with E-state index in [-0.39, 0.29) is 0 Å². The zero-order chi connectivity index (χ0) is 12.4. The Kier molecular flexibility index (Phi) is 3.02. The molecule has 0 amide bonds. The maximum Gasteiger partial charge on any atom is 0.00329 e. The summed E-state index contributed by atoms with van der Waals surface area (Å²) in [6.07, 6.45) is 5.80. The van der Waals surface area contributed by atoms with E-state index < -0.39 is 0 Å². The van der Waals surface area contributed by atoms with Crippen LogP contribution in [0.4, 0.5) is 0 Å². The van der Waals surface area contributed by atoms with Gasteiger partial charge in [0.15, 0.2) is 0 Å². The summed E-state index contributed by atoms with van der Waals surface area (Å²) in [4.78, 5) is 0. The summed E-state index contributed by atoms with van der Waals surface area (Å²) in [6, 6.07) is 19.5. The maximum atomic E-state index is 2.35. The van der Waals surface area contributed by atoms with Gasteiger partial charge in [-0.15, -0.1) is 0 Å². The van der Waals surface area contributed by atoms with Crippen molar-refractivity contribution in [3.8, 4) is 0 Å². The first-order valence-electron chi connectivity index (χ1n) is 6.66. The van der Waals surface area contributed by atoms with E-state index >= 15 is 0 Å². The van der Waals surface area contributed by atoms with Crippen LogP contribution in [0.2, 0.25) is 0 Å². The molecular formula is C18H18. The van der Waals surface area contributed by atoms with Gasteiger partial charge in [0.2, 0.25) is 0 Å². The van der Waals surface area contributed by atoms with Gasteiger partial charge in [-0.3, -0.25) is 0 Å². The number of hydrogen-bond acceptors (Lipinski definition) is 0. The highest BCUT2D eigenvalue weighted by Gasteiger charge is 2.19. The molecule has 0 aliphatic heterocycles. The van der Waals surface area contributed by atoms with Crippen molar-refractivity contribution >= 4 is 6.08 Å². The Morgan fingerprint density at radius 1 is 0.944 bits per heavy atom. The second kappa shape index (κ2) is 4.81. The van der Waals surface area contributed by atoms with E-state index in [9.17, 15) is 0 Å². The van der Waals surface area contributed by atoms with Crippen LogP contribution in [0.5, 0.6) is 0 Å². The Labute approximate surface area is 109 Å². The molecular weight excluding hydrogens is 216 g/mol. The van der Waals surface area contributed by atoms with Gasteiger partial charge in [-0.1, -0.05) is 73.7 Å². The van der Waals surface area contributed by atoms with E-state index in [2.05, 4.69) is 73.7 Å². The van der Waals surface area contributed by atoms with Crippen molar-refractivity contribution in [3.05, 3.63) is 77.4 Å². The summed E-state index contributed by atoms with van der Waals surface area (Å²) >= 11 is 0. The Morgan fingerprint density at radius 2 is 1.67 bits per heavy atom.